The molecule has 1 N–H and O–H groups in total. The van der Waals surface area contributed by atoms with Crippen molar-refractivity contribution in [2.45, 2.75) is 18.4 Å². The lowest BCUT2D eigenvalue weighted by atomic mass is 10.1. The van der Waals surface area contributed by atoms with Gasteiger partial charge in [-0.15, -0.1) is 11.8 Å². The van der Waals surface area contributed by atoms with Gasteiger partial charge in [0.25, 0.3) is 0 Å². The quantitative estimate of drug-likeness (QED) is 0.850. The topological polar surface area (TPSA) is 23.5 Å². The van der Waals surface area contributed by atoms with Crippen LogP contribution in [0.15, 0.2) is 47.4 Å². The van der Waals surface area contributed by atoms with Crippen LogP contribution >= 0.6 is 11.8 Å². The fourth-order valence-corrected chi connectivity index (χ4v) is 2.63. The normalized spacial score (nSPS) is 10.5. The van der Waals surface area contributed by atoms with Crippen LogP contribution in [0.3, 0.4) is 0 Å². The number of hydrogen-bond donors (Lipinski definition) is 1. The predicted octanol–water partition coefficient (Wildman–Crippen LogP) is 4.06. The van der Waals surface area contributed by atoms with Gasteiger partial charge in [0.15, 0.2) is 0 Å². The molecule has 0 amide bonds. The molecule has 2 nitrogen and oxygen atoms in total. The maximum absolute atomic E-state index is 9.98. The maximum atomic E-state index is 9.98. The third-order valence-corrected chi connectivity index (χ3v) is 3.92. The molecule has 0 aliphatic carbocycles. The zero-order valence-corrected chi connectivity index (χ0v) is 12.4. The average Bonchev–Trinajstić information content (AvgIpc) is 2.39. The number of benzene rings is 2. The van der Waals surface area contributed by atoms with Gasteiger partial charge in [-0.2, -0.15) is 0 Å². The summed E-state index contributed by atoms with van der Waals surface area (Å²) < 4.78 is 0. The second kappa shape index (κ2) is 6.02. The van der Waals surface area contributed by atoms with Crippen molar-refractivity contribution in [1.29, 1.82) is 0 Å². The van der Waals surface area contributed by atoms with E-state index in [1.165, 1.54) is 10.5 Å². The number of hydrogen-bond acceptors (Lipinski definition) is 3. The van der Waals surface area contributed by atoms with Crippen LogP contribution in [0.1, 0.15) is 11.1 Å². The van der Waals surface area contributed by atoms with Gasteiger partial charge in [-0.1, -0.05) is 24.3 Å². The Labute approximate surface area is 119 Å². The standard InChI is InChI=1S/C16H19NOS/c1-12-5-4-6-15(18)16(12)17(2)11-13-7-9-14(19-3)10-8-13/h4-10,18H,11H2,1-3H3. The molecule has 3 heteroatoms. The number of aryl methyl sites for hydroxylation is 1. The first-order valence-electron chi connectivity index (χ1n) is 6.24. The Kier molecular flexibility index (Phi) is 4.38. The fourth-order valence-electron chi connectivity index (χ4n) is 2.22. The van der Waals surface area contributed by atoms with E-state index in [4.69, 9.17) is 0 Å². The summed E-state index contributed by atoms with van der Waals surface area (Å²) in [6, 6.07) is 14.2. The molecule has 0 aliphatic rings. The van der Waals surface area contributed by atoms with Gasteiger partial charge in [0.2, 0.25) is 0 Å². The molecule has 0 bridgehead atoms. The molecule has 0 saturated carbocycles. The number of thioether (sulfide) groups is 1. The number of phenols is 1. The second-order valence-corrected chi connectivity index (χ2v) is 5.53. The van der Waals surface area contributed by atoms with Crippen LogP contribution in [-0.4, -0.2) is 18.4 Å². The van der Waals surface area contributed by atoms with E-state index in [9.17, 15) is 5.11 Å². The Morgan fingerprint density at radius 3 is 2.37 bits per heavy atom. The van der Waals surface area contributed by atoms with E-state index < -0.39 is 0 Å². The van der Waals surface area contributed by atoms with Crippen LogP contribution in [0, 0.1) is 6.92 Å². The second-order valence-electron chi connectivity index (χ2n) is 4.65. The van der Waals surface area contributed by atoms with Gasteiger partial charge >= 0.3 is 0 Å². The van der Waals surface area contributed by atoms with E-state index in [-0.39, 0.29) is 0 Å². The third-order valence-electron chi connectivity index (χ3n) is 3.18. The van der Waals surface area contributed by atoms with E-state index in [2.05, 4.69) is 35.4 Å². The highest BCUT2D eigenvalue weighted by Gasteiger charge is 2.10. The first kappa shape index (κ1) is 13.8. The Bertz CT molecular complexity index is 531. The van der Waals surface area contributed by atoms with Gasteiger partial charge < -0.3 is 10.0 Å². The number of para-hydroxylation sites is 1. The molecule has 0 saturated heterocycles. The Morgan fingerprint density at radius 2 is 1.79 bits per heavy atom. The van der Waals surface area contributed by atoms with Crippen molar-refractivity contribution in [1.82, 2.24) is 0 Å². The molecule has 0 atom stereocenters. The summed E-state index contributed by atoms with van der Waals surface area (Å²) >= 11 is 1.74. The maximum Gasteiger partial charge on any atom is 0.139 e. The van der Waals surface area contributed by atoms with Gasteiger partial charge in [-0.25, -0.2) is 0 Å². The van der Waals surface area contributed by atoms with Crippen molar-refractivity contribution < 1.29 is 5.11 Å². The van der Waals surface area contributed by atoms with E-state index >= 15 is 0 Å². The summed E-state index contributed by atoms with van der Waals surface area (Å²) in [5.74, 6) is 0.336. The van der Waals surface area contributed by atoms with Crippen LogP contribution in [0.2, 0.25) is 0 Å². The lowest BCUT2D eigenvalue weighted by Crippen LogP contribution is -2.17. The zero-order valence-electron chi connectivity index (χ0n) is 11.6. The fraction of sp³-hybridized carbons (Fsp3) is 0.250. The van der Waals surface area contributed by atoms with E-state index in [0.717, 1.165) is 17.8 Å². The molecule has 2 aromatic carbocycles. The lowest BCUT2D eigenvalue weighted by Gasteiger charge is -2.22. The lowest BCUT2D eigenvalue weighted by molar-refractivity contribution is 0.474. The van der Waals surface area contributed by atoms with Crippen LogP contribution in [0.5, 0.6) is 5.75 Å². The number of anilines is 1. The molecule has 0 spiro atoms. The predicted molar refractivity (Wildman–Crippen MR) is 83.2 cm³/mol. The summed E-state index contributed by atoms with van der Waals surface area (Å²) in [4.78, 5) is 3.35. The third kappa shape index (κ3) is 3.24. The number of aromatic hydroxyl groups is 1. The van der Waals surface area contributed by atoms with Crippen LogP contribution < -0.4 is 4.90 Å². The van der Waals surface area contributed by atoms with Crippen LogP contribution in [-0.2, 0) is 6.54 Å². The van der Waals surface area contributed by atoms with E-state index in [1.54, 1.807) is 17.8 Å². The van der Waals surface area contributed by atoms with Gasteiger partial charge in [0.05, 0.1) is 5.69 Å². The van der Waals surface area contributed by atoms with Gasteiger partial charge in [0.1, 0.15) is 5.75 Å². The van der Waals surface area contributed by atoms with Gasteiger partial charge in [0, 0.05) is 18.5 Å². The van der Waals surface area contributed by atoms with Crippen molar-refractivity contribution in [3.05, 3.63) is 53.6 Å². The molecular formula is C16H19NOS. The Balaban J connectivity index is 2.18. The average molecular weight is 273 g/mol. The Morgan fingerprint density at radius 1 is 1.11 bits per heavy atom. The van der Waals surface area contributed by atoms with E-state index in [1.807, 2.05) is 26.1 Å². The highest BCUT2D eigenvalue weighted by atomic mass is 32.2. The SMILES string of the molecule is CSc1ccc(CN(C)c2c(C)cccc2O)cc1. The molecule has 19 heavy (non-hydrogen) atoms. The minimum Gasteiger partial charge on any atom is -0.506 e. The molecule has 0 heterocycles. The van der Waals surface area contributed by atoms with E-state index in [0.29, 0.717) is 5.75 Å². The molecule has 0 fully saturated rings. The minimum atomic E-state index is 0.336. The van der Waals surface area contributed by atoms with Gasteiger partial charge in [-0.3, -0.25) is 0 Å². The Hall–Kier alpha value is -1.61. The first-order valence-corrected chi connectivity index (χ1v) is 7.47. The molecule has 0 aliphatic heterocycles. The smallest absolute Gasteiger partial charge is 0.139 e. The summed E-state index contributed by atoms with van der Waals surface area (Å²) in [6.07, 6.45) is 2.08. The van der Waals surface area contributed by atoms with Crippen LogP contribution in [0.4, 0.5) is 5.69 Å². The highest BCUT2D eigenvalue weighted by Crippen LogP contribution is 2.30. The first-order chi connectivity index (χ1) is 9.11. The monoisotopic (exact) mass is 273 g/mol. The largest absolute Gasteiger partial charge is 0.506 e. The number of nitrogens with zero attached hydrogens (tertiary/aromatic N) is 1. The molecule has 100 valence electrons. The summed E-state index contributed by atoms with van der Waals surface area (Å²) in [5.41, 5.74) is 3.22. The zero-order chi connectivity index (χ0) is 13.8. The molecular weight excluding hydrogens is 254 g/mol. The molecule has 0 aromatic heterocycles. The molecule has 0 unspecified atom stereocenters. The summed E-state index contributed by atoms with van der Waals surface area (Å²) in [7, 11) is 2.00. The van der Waals surface area contributed by atoms with Crippen molar-refractivity contribution in [3.63, 3.8) is 0 Å². The number of rotatable bonds is 4. The van der Waals surface area contributed by atoms with Crippen molar-refractivity contribution in [2.75, 3.05) is 18.2 Å². The van der Waals surface area contributed by atoms with Crippen molar-refractivity contribution in [2.24, 2.45) is 0 Å². The van der Waals surface area contributed by atoms with Crippen molar-refractivity contribution in [3.8, 4) is 5.75 Å². The minimum absolute atomic E-state index is 0.336. The van der Waals surface area contributed by atoms with Crippen molar-refractivity contribution >= 4 is 17.4 Å². The van der Waals surface area contributed by atoms with Gasteiger partial charge in [-0.05, 0) is 42.5 Å². The van der Waals surface area contributed by atoms with Crippen LogP contribution in [0.25, 0.3) is 0 Å². The summed E-state index contributed by atoms with van der Waals surface area (Å²) in [5, 5.41) is 9.98. The molecule has 0 radical (unpaired) electrons. The number of phenolic OH excluding ortho intramolecular Hbond substituents is 1. The molecule has 2 rings (SSSR count). The summed E-state index contributed by atoms with van der Waals surface area (Å²) in [6.45, 7) is 2.80. The molecule has 2 aromatic rings. The highest BCUT2D eigenvalue weighted by molar-refractivity contribution is 7.98.